The average Bonchev–Trinajstić information content (AvgIpc) is 2.53. The zero-order chi connectivity index (χ0) is 9.26. The molecule has 0 spiro atoms. The van der Waals surface area contributed by atoms with Crippen LogP contribution in [0.15, 0.2) is 36.3 Å². The van der Waals surface area contributed by atoms with E-state index in [0.29, 0.717) is 5.02 Å². The lowest BCUT2D eigenvalue weighted by molar-refractivity contribution is 0.322. The Balaban J connectivity index is 2.22. The third kappa shape index (κ3) is 1.68. The van der Waals surface area contributed by atoms with E-state index in [-0.39, 0.29) is 5.88 Å². The van der Waals surface area contributed by atoms with Crippen LogP contribution in [0.3, 0.4) is 0 Å². The maximum Gasteiger partial charge on any atom is 0.185 e. The number of nitrogens with zero attached hydrogens (tertiary/aromatic N) is 2. The van der Waals surface area contributed by atoms with Crippen LogP contribution in [-0.4, -0.2) is 0 Å². The van der Waals surface area contributed by atoms with E-state index in [1.807, 2.05) is 12.1 Å². The van der Waals surface area contributed by atoms with Gasteiger partial charge < -0.3 is 21.2 Å². The summed E-state index contributed by atoms with van der Waals surface area (Å²) >= 11 is 5.73. The number of rotatable bonds is 1. The lowest BCUT2D eigenvalue weighted by Gasteiger charge is -2.27. The molecule has 13 heavy (non-hydrogen) atoms. The lowest BCUT2D eigenvalue weighted by atomic mass is 10.3. The van der Waals surface area contributed by atoms with Gasteiger partial charge in [0.1, 0.15) is 0 Å². The largest absolute Gasteiger partial charge is 0.557 e. The summed E-state index contributed by atoms with van der Waals surface area (Å²) in [5.74, 6) is 0.273. The number of halogens is 1. The number of hydrogen-bond acceptors (Lipinski definition) is 3. The molecule has 1 heterocycles. The molecule has 0 amide bonds. The lowest BCUT2D eigenvalue weighted by Crippen LogP contribution is -2.03. The molecule has 0 saturated carbocycles. The zero-order valence-electron chi connectivity index (χ0n) is 6.64. The monoisotopic (exact) mass is 196 g/mol. The van der Waals surface area contributed by atoms with Gasteiger partial charge in [-0.3, -0.25) is 0 Å². The summed E-state index contributed by atoms with van der Waals surface area (Å²) in [6.07, 6.45) is 1.59. The highest BCUT2D eigenvalue weighted by molar-refractivity contribution is 6.30. The molecule has 5 heteroatoms. The molecule has 0 aromatic heterocycles. The summed E-state index contributed by atoms with van der Waals surface area (Å²) < 4.78 is 0. The molecular formula is C8H7ClN3O-. The molecule has 0 saturated heterocycles. The summed E-state index contributed by atoms with van der Waals surface area (Å²) in [5, 5.41) is 2.21. The molecule has 1 aliphatic rings. The fourth-order valence-electron chi connectivity index (χ4n) is 0.974. The topological polar surface area (TPSA) is 52.6 Å². The van der Waals surface area contributed by atoms with Crippen molar-refractivity contribution in [2.24, 2.45) is 5.73 Å². The first kappa shape index (κ1) is 8.22. The van der Waals surface area contributed by atoms with Gasteiger partial charge in [-0.05, 0) is 24.3 Å². The van der Waals surface area contributed by atoms with Gasteiger partial charge in [-0.15, -0.1) is 0 Å². The van der Waals surface area contributed by atoms with E-state index < -0.39 is 0 Å². The molecule has 0 fully saturated rings. The van der Waals surface area contributed by atoms with E-state index in [4.69, 9.17) is 22.2 Å². The van der Waals surface area contributed by atoms with Gasteiger partial charge in [-0.1, -0.05) is 11.6 Å². The van der Waals surface area contributed by atoms with Crippen molar-refractivity contribution >= 4 is 17.3 Å². The normalized spacial score (nSPS) is 15.5. The maximum absolute atomic E-state index is 5.73. The molecular weight excluding hydrogens is 190 g/mol. The summed E-state index contributed by atoms with van der Waals surface area (Å²) in [7, 11) is 0. The highest BCUT2D eigenvalue weighted by Gasteiger charge is 2.01. The third-order valence-electron chi connectivity index (χ3n) is 1.57. The van der Waals surface area contributed by atoms with Gasteiger partial charge >= 0.3 is 0 Å². The Morgan fingerprint density at radius 1 is 1.31 bits per heavy atom. The second-order valence-electron chi connectivity index (χ2n) is 2.53. The minimum atomic E-state index is 0.273. The van der Waals surface area contributed by atoms with Crippen molar-refractivity contribution in [2.75, 3.05) is 5.01 Å². The molecule has 2 N–H and O–H groups in total. The Bertz CT molecular complexity index is 336. The fraction of sp³-hybridized carbons (Fsp3) is 0. The van der Waals surface area contributed by atoms with E-state index >= 15 is 0 Å². The Morgan fingerprint density at radius 3 is 2.54 bits per heavy atom. The van der Waals surface area contributed by atoms with Crippen LogP contribution < -0.4 is 10.7 Å². The first-order valence-corrected chi connectivity index (χ1v) is 4.03. The minimum absolute atomic E-state index is 0.273. The van der Waals surface area contributed by atoms with E-state index in [2.05, 4.69) is 5.59 Å². The van der Waals surface area contributed by atoms with Gasteiger partial charge in [0.2, 0.25) is 0 Å². The van der Waals surface area contributed by atoms with Crippen molar-refractivity contribution in [3.05, 3.63) is 47.0 Å². The third-order valence-corrected chi connectivity index (χ3v) is 1.83. The summed E-state index contributed by atoms with van der Waals surface area (Å²) in [6, 6.07) is 7.19. The van der Waals surface area contributed by atoms with E-state index in [0.717, 1.165) is 5.69 Å². The first-order chi connectivity index (χ1) is 6.25. The Labute approximate surface area is 80.5 Å². The SMILES string of the molecule is NC1=CN(c2ccc(Cl)cc2)[N-]O1. The molecule has 68 valence electrons. The van der Waals surface area contributed by atoms with E-state index in [9.17, 15) is 0 Å². The van der Waals surface area contributed by atoms with Crippen molar-refractivity contribution in [2.45, 2.75) is 0 Å². The molecule has 4 nitrogen and oxygen atoms in total. The molecule has 0 radical (unpaired) electrons. The molecule has 2 rings (SSSR count). The predicted octanol–water partition coefficient (Wildman–Crippen LogP) is 2.14. The number of benzene rings is 1. The Hall–Kier alpha value is -1.39. The van der Waals surface area contributed by atoms with Crippen LogP contribution >= 0.6 is 11.6 Å². The second kappa shape index (κ2) is 3.16. The smallest absolute Gasteiger partial charge is 0.185 e. The van der Waals surface area contributed by atoms with Crippen molar-refractivity contribution in [3.63, 3.8) is 0 Å². The van der Waals surface area contributed by atoms with Crippen LogP contribution in [-0.2, 0) is 4.84 Å². The molecule has 0 atom stereocenters. The highest BCUT2D eigenvalue weighted by Crippen LogP contribution is 2.25. The van der Waals surface area contributed by atoms with Crippen LogP contribution in [0.2, 0.25) is 5.02 Å². The summed E-state index contributed by atoms with van der Waals surface area (Å²) in [6.45, 7) is 0. The maximum atomic E-state index is 5.73. The van der Waals surface area contributed by atoms with Gasteiger partial charge in [-0.2, -0.15) is 0 Å². The van der Waals surface area contributed by atoms with Gasteiger partial charge in [-0.25, -0.2) is 0 Å². The van der Waals surface area contributed by atoms with Crippen molar-refractivity contribution < 1.29 is 4.84 Å². The highest BCUT2D eigenvalue weighted by atomic mass is 35.5. The van der Waals surface area contributed by atoms with Crippen LogP contribution in [0.1, 0.15) is 0 Å². The van der Waals surface area contributed by atoms with Gasteiger partial charge in [0, 0.05) is 16.9 Å². The van der Waals surface area contributed by atoms with Crippen molar-refractivity contribution in [3.8, 4) is 0 Å². The molecule has 0 aliphatic carbocycles. The molecule has 0 unspecified atom stereocenters. The number of anilines is 1. The second-order valence-corrected chi connectivity index (χ2v) is 2.96. The van der Waals surface area contributed by atoms with Crippen molar-refractivity contribution in [1.29, 1.82) is 0 Å². The van der Waals surface area contributed by atoms with Crippen LogP contribution in [0.5, 0.6) is 0 Å². The summed E-state index contributed by atoms with van der Waals surface area (Å²) in [5.41, 5.74) is 9.91. The zero-order valence-corrected chi connectivity index (χ0v) is 7.40. The van der Waals surface area contributed by atoms with Gasteiger partial charge in [0.15, 0.2) is 5.88 Å². The van der Waals surface area contributed by atoms with Crippen LogP contribution in [0, 0.1) is 0 Å². The van der Waals surface area contributed by atoms with Gasteiger partial charge in [0.25, 0.3) is 0 Å². The van der Waals surface area contributed by atoms with Crippen molar-refractivity contribution in [1.82, 2.24) is 0 Å². The summed E-state index contributed by atoms with van der Waals surface area (Å²) in [4.78, 5) is 4.71. The minimum Gasteiger partial charge on any atom is -0.557 e. The number of hydrogen-bond donors (Lipinski definition) is 1. The predicted molar refractivity (Wildman–Crippen MR) is 50.6 cm³/mol. The van der Waals surface area contributed by atoms with Crippen LogP contribution in [0.25, 0.3) is 5.59 Å². The van der Waals surface area contributed by atoms with E-state index in [1.54, 1.807) is 18.3 Å². The quantitative estimate of drug-likeness (QED) is 0.749. The van der Waals surface area contributed by atoms with Gasteiger partial charge in [0.05, 0.1) is 0 Å². The molecule has 1 aliphatic heterocycles. The molecule has 1 aromatic rings. The van der Waals surface area contributed by atoms with E-state index in [1.165, 1.54) is 5.01 Å². The fourth-order valence-corrected chi connectivity index (χ4v) is 1.10. The first-order valence-electron chi connectivity index (χ1n) is 3.66. The molecule has 1 aromatic carbocycles. The molecule has 0 bridgehead atoms. The standard InChI is InChI=1S/C8H7ClN3O/c9-6-1-3-7(4-2-6)12-5-8(10)13-11-12/h1-5H,10H2/q-1. The average molecular weight is 197 g/mol. The number of nitrogens with two attached hydrogens (primary N) is 1. The Morgan fingerprint density at radius 2 is 2.00 bits per heavy atom. The van der Waals surface area contributed by atoms with Crippen LogP contribution in [0.4, 0.5) is 5.69 Å². The Kier molecular flexibility index (Phi) is 2.00.